The van der Waals surface area contributed by atoms with Gasteiger partial charge in [-0.25, -0.2) is 0 Å². The molecule has 0 aliphatic carbocycles. The second-order valence-electron chi connectivity index (χ2n) is 4.80. The molecule has 0 saturated heterocycles. The van der Waals surface area contributed by atoms with E-state index < -0.39 is 0 Å². The first kappa shape index (κ1) is 12.7. The van der Waals surface area contributed by atoms with E-state index in [1.165, 1.54) is 16.9 Å². The van der Waals surface area contributed by atoms with Crippen molar-refractivity contribution in [2.45, 2.75) is 25.8 Å². The van der Waals surface area contributed by atoms with Gasteiger partial charge < -0.3 is 4.90 Å². The Morgan fingerprint density at radius 2 is 2.11 bits per heavy atom. The summed E-state index contributed by atoms with van der Waals surface area (Å²) in [5, 5.41) is 0. The van der Waals surface area contributed by atoms with Crippen LogP contribution < -0.4 is 4.90 Å². The third-order valence-corrected chi connectivity index (χ3v) is 4.75. The van der Waals surface area contributed by atoms with E-state index in [4.69, 9.17) is 11.6 Å². The molecule has 4 heteroatoms. The van der Waals surface area contributed by atoms with Gasteiger partial charge in [0.25, 0.3) is 5.91 Å². The van der Waals surface area contributed by atoms with Crippen molar-refractivity contribution in [2.24, 2.45) is 0 Å². The van der Waals surface area contributed by atoms with Crippen LogP contribution in [0, 0.1) is 0 Å². The fourth-order valence-corrected chi connectivity index (χ4v) is 3.53. The van der Waals surface area contributed by atoms with E-state index in [9.17, 15) is 4.79 Å². The number of halogens is 1. The molecule has 0 fully saturated rings. The van der Waals surface area contributed by atoms with Gasteiger partial charge in [-0.2, -0.15) is 0 Å². The monoisotopic (exact) mass is 291 g/mol. The number of carbonyl (C=O) groups excluding carboxylic acids is 1. The van der Waals surface area contributed by atoms with Crippen molar-refractivity contribution in [3.05, 3.63) is 51.2 Å². The number of thiophene rings is 1. The molecule has 1 unspecified atom stereocenters. The molecule has 1 amide bonds. The molecule has 19 heavy (non-hydrogen) atoms. The molecule has 0 spiro atoms. The minimum Gasteiger partial charge on any atom is -0.305 e. The summed E-state index contributed by atoms with van der Waals surface area (Å²) in [6.07, 6.45) is 2.04. The molecule has 0 bridgehead atoms. The SMILES string of the molecule is CC1CCc2ccccc2N1C(=O)c1ccc(Cl)s1. The standard InChI is InChI=1S/C15H14ClNOS/c1-10-6-7-11-4-2-3-5-12(11)17(10)15(18)13-8-9-14(16)19-13/h2-5,8-10H,6-7H2,1H3. The van der Waals surface area contributed by atoms with Crippen molar-refractivity contribution in [3.63, 3.8) is 0 Å². The van der Waals surface area contributed by atoms with Crippen LogP contribution in [0.5, 0.6) is 0 Å². The predicted octanol–water partition coefficient (Wildman–Crippen LogP) is 4.38. The maximum Gasteiger partial charge on any atom is 0.268 e. The van der Waals surface area contributed by atoms with E-state index in [1.54, 1.807) is 12.1 Å². The van der Waals surface area contributed by atoms with Gasteiger partial charge in [-0.1, -0.05) is 29.8 Å². The Hall–Kier alpha value is -1.32. The van der Waals surface area contributed by atoms with Crippen molar-refractivity contribution in [1.82, 2.24) is 0 Å². The topological polar surface area (TPSA) is 20.3 Å². The fraction of sp³-hybridized carbons (Fsp3) is 0.267. The zero-order valence-electron chi connectivity index (χ0n) is 10.6. The van der Waals surface area contributed by atoms with Gasteiger partial charge in [-0.15, -0.1) is 11.3 Å². The van der Waals surface area contributed by atoms with Crippen LogP contribution in [-0.2, 0) is 6.42 Å². The summed E-state index contributed by atoms with van der Waals surface area (Å²) in [5.41, 5.74) is 2.28. The highest BCUT2D eigenvalue weighted by Gasteiger charge is 2.29. The second kappa shape index (κ2) is 4.99. The maximum atomic E-state index is 12.7. The average Bonchev–Trinajstić information content (AvgIpc) is 2.85. The van der Waals surface area contributed by atoms with Gasteiger partial charge in [0.2, 0.25) is 0 Å². The van der Waals surface area contributed by atoms with Gasteiger partial charge in [-0.3, -0.25) is 4.79 Å². The van der Waals surface area contributed by atoms with Crippen LogP contribution in [-0.4, -0.2) is 11.9 Å². The smallest absolute Gasteiger partial charge is 0.268 e. The number of rotatable bonds is 1. The Balaban J connectivity index is 2.02. The number of hydrogen-bond donors (Lipinski definition) is 0. The van der Waals surface area contributed by atoms with Crippen molar-refractivity contribution < 1.29 is 4.79 Å². The first-order valence-electron chi connectivity index (χ1n) is 6.33. The molecule has 3 rings (SSSR count). The quantitative estimate of drug-likeness (QED) is 0.763. The molecule has 0 saturated carbocycles. The van der Waals surface area contributed by atoms with Gasteiger partial charge >= 0.3 is 0 Å². The minimum absolute atomic E-state index is 0.0524. The fourth-order valence-electron chi connectivity index (χ4n) is 2.55. The summed E-state index contributed by atoms with van der Waals surface area (Å²) < 4.78 is 0.654. The van der Waals surface area contributed by atoms with Crippen molar-refractivity contribution in [2.75, 3.05) is 4.90 Å². The van der Waals surface area contributed by atoms with Gasteiger partial charge in [-0.05, 0) is 43.5 Å². The molecule has 0 radical (unpaired) electrons. The van der Waals surface area contributed by atoms with Crippen LogP contribution in [0.1, 0.15) is 28.6 Å². The molecule has 1 aromatic heterocycles. The molecule has 1 atom stereocenters. The first-order chi connectivity index (χ1) is 9.16. The first-order valence-corrected chi connectivity index (χ1v) is 7.53. The highest BCUT2D eigenvalue weighted by Crippen LogP contribution is 2.33. The zero-order chi connectivity index (χ0) is 13.4. The Labute approximate surface area is 121 Å². The minimum atomic E-state index is 0.0524. The number of fused-ring (bicyclic) bond motifs is 1. The Kier molecular flexibility index (Phi) is 3.33. The summed E-state index contributed by atoms with van der Waals surface area (Å²) in [5.74, 6) is 0.0524. The molecule has 2 aromatic rings. The lowest BCUT2D eigenvalue weighted by Gasteiger charge is -2.35. The zero-order valence-corrected chi connectivity index (χ0v) is 12.2. The van der Waals surface area contributed by atoms with Crippen molar-refractivity contribution >= 4 is 34.5 Å². The predicted molar refractivity (Wildman–Crippen MR) is 80.4 cm³/mol. The summed E-state index contributed by atoms with van der Waals surface area (Å²) >= 11 is 7.27. The molecule has 98 valence electrons. The lowest BCUT2D eigenvalue weighted by atomic mass is 9.96. The van der Waals surface area contributed by atoms with E-state index in [1.807, 2.05) is 23.1 Å². The number of benzene rings is 1. The Bertz CT molecular complexity index is 622. The van der Waals surface area contributed by atoms with Crippen LogP contribution >= 0.6 is 22.9 Å². The van der Waals surface area contributed by atoms with Crippen LogP contribution in [0.15, 0.2) is 36.4 Å². The van der Waals surface area contributed by atoms with Gasteiger partial charge in [0, 0.05) is 11.7 Å². The van der Waals surface area contributed by atoms with Crippen molar-refractivity contribution in [1.29, 1.82) is 0 Å². The number of amides is 1. The van der Waals surface area contributed by atoms with Gasteiger partial charge in [0.15, 0.2) is 0 Å². The highest BCUT2D eigenvalue weighted by molar-refractivity contribution is 7.18. The van der Waals surface area contributed by atoms with E-state index in [-0.39, 0.29) is 11.9 Å². The number of nitrogens with zero attached hydrogens (tertiary/aromatic N) is 1. The average molecular weight is 292 g/mol. The summed E-state index contributed by atoms with van der Waals surface area (Å²) in [7, 11) is 0. The molecule has 1 aromatic carbocycles. The largest absolute Gasteiger partial charge is 0.305 e. The third kappa shape index (κ3) is 2.28. The second-order valence-corrected chi connectivity index (χ2v) is 6.51. The Morgan fingerprint density at radius 1 is 1.32 bits per heavy atom. The van der Waals surface area contributed by atoms with Gasteiger partial charge in [0.1, 0.15) is 0 Å². The summed E-state index contributed by atoms with van der Waals surface area (Å²) in [4.78, 5) is 15.3. The Morgan fingerprint density at radius 3 is 2.84 bits per heavy atom. The third-order valence-electron chi connectivity index (χ3n) is 3.53. The van der Waals surface area contributed by atoms with Crippen molar-refractivity contribution in [3.8, 4) is 0 Å². The highest BCUT2D eigenvalue weighted by atomic mass is 35.5. The lowest BCUT2D eigenvalue weighted by Crippen LogP contribution is -2.41. The van der Waals surface area contributed by atoms with Crippen LogP contribution in [0.2, 0.25) is 4.34 Å². The molecule has 1 aliphatic heterocycles. The number of hydrogen-bond acceptors (Lipinski definition) is 2. The molecule has 2 nitrogen and oxygen atoms in total. The molecule has 2 heterocycles. The molecular formula is C15H14ClNOS. The van der Waals surface area contributed by atoms with Crippen LogP contribution in [0.25, 0.3) is 0 Å². The number of aryl methyl sites for hydroxylation is 1. The lowest BCUT2D eigenvalue weighted by molar-refractivity contribution is 0.0979. The molecule has 1 aliphatic rings. The normalized spacial score (nSPS) is 18.2. The molecular weight excluding hydrogens is 278 g/mol. The maximum absolute atomic E-state index is 12.7. The van der Waals surface area contributed by atoms with E-state index in [0.29, 0.717) is 9.21 Å². The summed E-state index contributed by atoms with van der Waals surface area (Å²) in [6, 6.07) is 11.9. The number of anilines is 1. The van der Waals surface area contributed by atoms with E-state index >= 15 is 0 Å². The van der Waals surface area contributed by atoms with E-state index in [0.717, 1.165) is 18.5 Å². The number of para-hydroxylation sites is 1. The number of carbonyl (C=O) groups is 1. The van der Waals surface area contributed by atoms with E-state index in [2.05, 4.69) is 13.0 Å². The van der Waals surface area contributed by atoms with Gasteiger partial charge in [0.05, 0.1) is 9.21 Å². The molecule has 0 N–H and O–H groups in total. The summed E-state index contributed by atoms with van der Waals surface area (Å²) in [6.45, 7) is 2.10. The van der Waals surface area contributed by atoms with Crippen LogP contribution in [0.4, 0.5) is 5.69 Å². The van der Waals surface area contributed by atoms with Crippen LogP contribution in [0.3, 0.4) is 0 Å².